The molecule has 0 aromatic carbocycles. The molecule has 0 unspecified atom stereocenters. The summed E-state index contributed by atoms with van der Waals surface area (Å²) in [5.41, 5.74) is 1.17. The molecule has 1 aliphatic rings. The van der Waals surface area contributed by atoms with E-state index in [9.17, 15) is 4.39 Å². The first-order valence-corrected chi connectivity index (χ1v) is 7.38. The van der Waals surface area contributed by atoms with Gasteiger partial charge in [-0.25, -0.2) is 4.98 Å². The molecular formula is C16H24FN. The van der Waals surface area contributed by atoms with Crippen LogP contribution in [0.5, 0.6) is 0 Å². The molecule has 1 nitrogen and oxygen atoms in total. The fraction of sp³-hybridized carbons (Fsp3) is 0.688. The lowest BCUT2D eigenvalue weighted by atomic mass is 9.78. The Labute approximate surface area is 110 Å². The zero-order valence-electron chi connectivity index (χ0n) is 11.4. The van der Waals surface area contributed by atoms with Crippen molar-refractivity contribution in [2.24, 2.45) is 11.8 Å². The predicted octanol–water partition coefficient (Wildman–Crippen LogP) is 4.76. The van der Waals surface area contributed by atoms with E-state index in [4.69, 9.17) is 0 Å². The summed E-state index contributed by atoms with van der Waals surface area (Å²) < 4.78 is 12.7. The molecule has 1 saturated carbocycles. The minimum absolute atomic E-state index is 0.376. The van der Waals surface area contributed by atoms with Gasteiger partial charge in [-0.2, -0.15) is 4.39 Å². The highest BCUT2D eigenvalue weighted by Crippen LogP contribution is 2.33. The molecule has 0 amide bonds. The zero-order valence-corrected chi connectivity index (χ0v) is 11.4. The van der Waals surface area contributed by atoms with Crippen LogP contribution in [0.4, 0.5) is 4.39 Å². The molecule has 0 radical (unpaired) electrons. The average Bonchev–Trinajstić information content (AvgIpc) is 2.40. The second-order valence-electron chi connectivity index (χ2n) is 5.70. The number of aryl methyl sites for hydroxylation is 1. The summed E-state index contributed by atoms with van der Waals surface area (Å²) in [4.78, 5) is 3.71. The second-order valence-corrected chi connectivity index (χ2v) is 5.70. The molecule has 0 spiro atoms. The van der Waals surface area contributed by atoms with Crippen LogP contribution in [-0.4, -0.2) is 4.98 Å². The van der Waals surface area contributed by atoms with Crippen LogP contribution in [-0.2, 0) is 6.42 Å². The van der Waals surface area contributed by atoms with Gasteiger partial charge in [0.25, 0.3) is 0 Å². The van der Waals surface area contributed by atoms with Crippen LogP contribution < -0.4 is 0 Å². The van der Waals surface area contributed by atoms with E-state index in [1.54, 1.807) is 6.20 Å². The third-order valence-electron chi connectivity index (χ3n) is 4.29. The van der Waals surface area contributed by atoms with Gasteiger partial charge in [0.1, 0.15) is 0 Å². The van der Waals surface area contributed by atoms with Gasteiger partial charge in [-0.15, -0.1) is 0 Å². The van der Waals surface area contributed by atoms with E-state index in [2.05, 4.69) is 11.9 Å². The number of rotatable bonds is 5. The SMILES string of the molecule is CCCC1CCC(CCc2ccc(F)nc2)CC1. The summed E-state index contributed by atoms with van der Waals surface area (Å²) in [6, 6.07) is 3.33. The Morgan fingerprint density at radius 2 is 1.78 bits per heavy atom. The van der Waals surface area contributed by atoms with E-state index in [1.165, 1.54) is 56.6 Å². The molecule has 1 aromatic rings. The first-order chi connectivity index (χ1) is 8.78. The van der Waals surface area contributed by atoms with Crippen molar-refractivity contribution in [1.82, 2.24) is 4.98 Å². The van der Waals surface area contributed by atoms with Gasteiger partial charge in [0.2, 0.25) is 5.95 Å². The Balaban J connectivity index is 1.70. The molecule has 1 aromatic heterocycles. The summed E-state index contributed by atoms with van der Waals surface area (Å²) in [7, 11) is 0. The first-order valence-electron chi connectivity index (χ1n) is 7.38. The van der Waals surface area contributed by atoms with Crippen molar-refractivity contribution in [2.75, 3.05) is 0 Å². The lowest BCUT2D eigenvalue weighted by molar-refractivity contribution is 0.252. The van der Waals surface area contributed by atoms with Gasteiger partial charge in [-0.3, -0.25) is 0 Å². The number of hydrogen-bond donors (Lipinski definition) is 0. The molecule has 0 saturated heterocycles. The maximum Gasteiger partial charge on any atom is 0.212 e. The van der Waals surface area contributed by atoms with Gasteiger partial charge < -0.3 is 0 Å². The number of nitrogens with zero attached hydrogens (tertiary/aromatic N) is 1. The minimum atomic E-state index is -0.376. The Hall–Kier alpha value is -0.920. The third-order valence-corrected chi connectivity index (χ3v) is 4.29. The lowest BCUT2D eigenvalue weighted by Gasteiger charge is -2.28. The molecule has 2 rings (SSSR count). The van der Waals surface area contributed by atoms with Crippen molar-refractivity contribution in [2.45, 2.75) is 58.3 Å². The van der Waals surface area contributed by atoms with Crippen molar-refractivity contribution >= 4 is 0 Å². The fourth-order valence-corrected chi connectivity index (χ4v) is 3.14. The molecule has 1 fully saturated rings. The van der Waals surface area contributed by atoms with Gasteiger partial charge in [0.05, 0.1) is 0 Å². The van der Waals surface area contributed by atoms with Crippen molar-refractivity contribution in [3.05, 3.63) is 29.8 Å². The van der Waals surface area contributed by atoms with Crippen molar-refractivity contribution in [1.29, 1.82) is 0 Å². The molecule has 1 heterocycles. The number of hydrogen-bond acceptors (Lipinski definition) is 1. The van der Waals surface area contributed by atoms with Crippen LogP contribution in [0.3, 0.4) is 0 Å². The molecule has 100 valence electrons. The van der Waals surface area contributed by atoms with E-state index < -0.39 is 0 Å². The lowest BCUT2D eigenvalue weighted by Crippen LogP contribution is -2.15. The molecule has 0 atom stereocenters. The highest BCUT2D eigenvalue weighted by Gasteiger charge is 2.20. The summed E-state index contributed by atoms with van der Waals surface area (Å²) in [5, 5.41) is 0. The van der Waals surface area contributed by atoms with Crippen LogP contribution in [0.15, 0.2) is 18.3 Å². The summed E-state index contributed by atoms with van der Waals surface area (Å²) in [6.07, 6.45) is 12.3. The number of halogens is 1. The van der Waals surface area contributed by atoms with Crippen molar-refractivity contribution in [3.63, 3.8) is 0 Å². The predicted molar refractivity (Wildman–Crippen MR) is 72.9 cm³/mol. The summed E-state index contributed by atoms with van der Waals surface area (Å²) >= 11 is 0. The fourth-order valence-electron chi connectivity index (χ4n) is 3.14. The number of aromatic nitrogens is 1. The standard InChI is InChI=1S/C16H24FN/c1-2-3-13-4-6-14(7-5-13)8-9-15-10-11-16(17)18-12-15/h10-14H,2-9H2,1H3. The van der Waals surface area contributed by atoms with Crippen LogP contribution in [0.1, 0.15) is 57.4 Å². The van der Waals surface area contributed by atoms with E-state index in [0.717, 1.165) is 18.3 Å². The van der Waals surface area contributed by atoms with E-state index in [0.29, 0.717) is 0 Å². The maximum absolute atomic E-state index is 12.7. The maximum atomic E-state index is 12.7. The van der Waals surface area contributed by atoms with Crippen LogP contribution >= 0.6 is 0 Å². The Morgan fingerprint density at radius 1 is 1.11 bits per heavy atom. The average molecular weight is 249 g/mol. The number of pyridine rings is 1. The van der Waals surface area contributed by atoms with Crippen molar-refractivity contribution in [3.8, 4) is 0 Å². The molecule has 0 aliphatic heterocycles. The molecule has 2 heteroatoms. The topological polar surface area (TPSA) is 12.9 Å². The van der Waals surface area contributed by atoms with E-state index in [1.807, 2.05) is 6.07 Å². The van der Waals surface area contributed by atoms with Gasteiger partial charge in [-0.1, -0.05) is 51.5 Å². The van der Waals surface area contributed by atoms with Crippen LogP contribution in [0.25, 0.3) is 0 Å². The smallest absolute Gasteiger partial charge is 0.212 e. The Morgan fingerprint density at radius 3 is 2.33 bits per heavy atom. The van der Waals surface area contributed by atoms with Gasteiger partial charge in [-0.05, 0) is 36.3 Å². The normalized spacial score (nSPS) is 24.1. The van der Waals surface area contributed by atoms with Gasteiger partial charge >= 0.3 is 0 Å². The van der Waals surface area contributed by atoms with Gasteiger partial charge in [0, 0.05) is 6.20 Å². The molecule has 0 bridgehead atoms. The molecule has 18 heavy (non-hydrogen) atoms. The van der Waals surface area contributed by atoms with Crippen LogP contribution in [0, 0.1) is 17.8 Å². The van der Waals surface area contributed by atoms with Crippen LogP contribution in [0.2, 0.25) is 0 Å². The van der Waals surface area contributed by atoms with Crippen molar-refractivity contribution < 1.29 is 4.39 Å². The quantitative estimate of drug-likeness (QED) is 0.686. The highest BCUT2D eigenvalue weighted by molar-refractivity contribution is 5.09. The second kappa shape index (κ2) is 6.86. The Kier molecular flexibility index (Phi) is 5.15. The van der Waals surface area contributed by atoms with E-state index in [-0.39, 0.29) is 5.95 Å². The molecular weight excluding hydrogens is 225 g/mol. The molecule has 1 aliphatic carbocycles. The highest BCUT2D eigenvalue weighted by atomic mass is 19.1. The molecule has 0 N–H and O–H groups in total. The first kappa shape index (κ1) is 13.5. The largest absolute Gasteiger partial charge is 0.228 e. The third kappa shape index (κ3) is 4.08. The Bertz CT molecular complexity index is 339. The van der Waals surface area contributed by atoms with E-state index >= 15 is 0 Å². The zero-order chi connectivity index (χ0) is 12.8. The monoisotopic (exact) mass is 249 g/mol. The summed E-state index contributed by atoms with van der Waals surface area (Å²) in [5.74, 6) is 1.49. The summed E-state index contributed by atoms with van der Waals surface area (Å²) in [6.45, 7) is 2.29. The minimum Gasteiger partial charge on any atom is -0.228 e. The van der Waals surface area contributed by atoms with Gasteiger partial charge in [0.15, 0.2) is 0 Å².